The number of nitrogens with one attached hydrogen (secondary N) is 1. The molecule has 0 aliphatic carbocycles. The molecule has 0 atom stereocenters. The second-order valence-corrected chi connectivity index (χ2v) is 6.59. The summed E-state index contributed by atoms with van der Waals surface area (Å²) in [6.45, 7) is 4.90. The summed E-state index contributed by atoms with van der Waals surface area (Å²) in [5.74, 6) is 1.29. The molecule has 0 saturated carbocycles. The Labute approximate surface area is 156 Å². The van der Waals surface area contributed by atoms with Crippen LogP contribution >= 0.6 is 15.9 Å². The summed E-state index contributed by atoms with van der Waals surface area (Å²) in [4.78, 5) is 10.8. The smallest absolute Gasteiger partial charge is 0.161 e. The number of rotatable bonds is 5. The van der Waals surface area contributed by atoms with Gasteiger partial charge in [0.1, 0.15) is 12.0 Å². The minimum absolute atomic E-state index is 0.522. The monoisotopic (exact) mass is 397 g/mol. The molecule has 2 aromatic carbocycles. The van der Waals surface area contributed by atoms with Gasteiger partial charge in [-0.15, -0.1) is 0 Å². The molecule has 0 aliphatic rings. The van der Waals surface area contributed by atoms with E-state index >= 15 is 0 Å². The van der Waals surface area contributed by atoms with E-state index in [1.165, 1.54) is 11.9 Å². The maximum absolute atomic E-state index is 6.37. The normalized spacial score (nSPS) is 10.5. The third kappa shape index (κ3) is 3.91. The van der Waals surface area contributed by atoms with Gasteiger partial charge in [-0.2, -0.15) is 0 Å². The third-order valence-electron chi connectivity index (χ3n) is 3.86. The Hall–Kier alpha value is -2.60. The van der Waals surface area contributed by atoms with Gasteiger partial charge in [-0.05, 0) is 55.8 Å². The average molecular weight is 398 g/mol. The molecule has 3 N–H and O–H groups in total. The lowest BCUT2D eigenvalue weighted by molar-refractivity contribution is 0.979. The van der Waals surface area contributed by atoms with Gasteiger partial charge < -0.3 is 16.0 Å². The molecule has 0 fully saturated rings. The molecular weight excluding hydrogens is 378 g/mol. The van der Waals surface area contributed by atoms with Gasteiger partial charge in [0.15, 0.2) is 11.6 Å². The predicted octanol–water partition coefficient (Wildman–Crippen LogP) is 5.03. The van der Waals surface area contributed by atoms with Crippen LogP contribution in [0, 0.1) is 6.92 Å². The van der Waals surface area contributed by atoms with Crippen molar-refractivity contribution in [3.05, 3.63) is 64.9 Å². The number of anilines is 5. The van der Waals surface area contributed by atoms with Crippen LogP contribution in [0.1, 0.15) is 12.5 Å². The first-order valence-electron chi connectivity index (χ1n) is 8.05. The van der Waals surface area contributed by atoms with Crippen LogP contribution in [0.5, 0.6) is 0 Å². The van der Waals surface area contributed by atoms with E-state index in [1.807, 2.05) is 30.3 Å². The fraction of sp³-hybridized carbons (Fsp3) is 0.158. The Morgan fingerprint density at radius 2 is 1.88 bits per heavy atom. The molecule has 0 spiro atoms. The Morgan fingerprint density at radius 3 is 2.56 bits per heavy atom. The molecule has 128 valence electrons. The molecule has 0 aliphatic heterocycles. The summed E-state index contributed by atoms with van der Waals surface area (Å²) >= 11 is 3.43. The Kier molecular flexibility index (Phi) is 5.19. The molecule has 3 aromatic rings. The molecule has 0 amide bonds. The molecule has 0 saturated heterocycles. The van der Waals surface area contributed by atoms with Crippen LogP contribution < -0.4 is 16.0 Å². The summed E-state index contributed by atoms with van der Waals surface area (Å²) in [7, 11) is 0. The second-order valence-electron chi connectivity index (χ2n) is 5.67. The number of nitrogens with two attached hydrogens (primary N) is 1. The fourth-order valence-corrected chi connectivity index (χ4v) is 2.89. The van der Waals surface area contributed by atoms with E-state index < -0.39 is 0 Å². The molecular formula is C19H20BrN5. The van der Waals surface area contributed by atoms with E-state index in [2.05, 4.69) is 68.2 Å². The van der Waals surface area contributed by atoms with Crippen molar-refractivity contribution in [2.75, 3.05) is 22.5 Å². The SMILES string of the molecule is CCN(c1cccc(C)c1)c1ncnc(Nc2ccc(Br)cc2)c1N. The van der Waals surface area contributed by atoms with Crippen molar-refractivity contribution < 1.29 is 0 Å². The van der Waals surface area contributed by atoms with Crippen molar-refractivity contribution in [3.63, 3.8) is 0 Å². The van der Waals surface area contributed by atoms with Crippen LogP contribution in [-0.2, 0) is 0 Å². The molecule has 25 heavy (non-hydrogen) atoms. The van der Waals surface area contributed by atoms with Crippen molar-refractivity contribution >= 4 is 44.6 Å². The zero-order valence-electron chi connectivity index (χ0n) is 14.2. The topological polar surface area (TPSA) is 67.1 Å². The number of aryl methyl sites for hydroxylation is 1. The highest BCUT2D eigenvalue weighted by atomic mass is 79.9. The van der Waals surface area contributed by atoms with Gasteiger partial charge in [-0.25, -0.2) is 9.97 Å². The number of hydrogen-bond donors (Lipinski definition) is 2. The first-order chi connectivity index (χ1) is 12.1. The first-order valence-corrected chi connectivity index (χ1v) is 8.85. The Bertz CT molecular complexity index is 864. The van der Waals surface area contributed by atoms with Crippen molar-refractivity contribution in [1.82, 2.24) is 9.97 Å². The van der Waals surface area contributed by atoms with Gasteiger partial charge in [0.25, 0.3) is 0 Å². The number of aromatic nitrogens is 2. The van der Waals surface area contributed by atoms with Gasteiger partial charge in [-0.3, -0.25) is 0 Å². The maximum Gasteiger partial charge on any atom is 0.161 e. The van der Waals surface area contributed by atoms with E-state index in [-0.39, 0.29) is 0 Å². The summed E-state index contributed by atoms with van der Waals surface area (Å²) in [6.07, 6.45) is 1.53. The van der Waals surface area contributed by atoms with Crippen LogP contribution in [0.25, 0.3) is 0 Å². The number of halogens is 1. The van der Waals surface area contributed by atoms with Crippen molar-refractivity contribution in [2.24, 2.45) is 0 Å². The highest BCUT2D eigenvalue weighted by Gasteiger charge is 2.16. The molecule has 0 unspecified atom stereocenters. The third-order valence-corrected chi connectivity index (χ3v) is 4.38. The zero-order chi connectivity index (χ0) is 17.8. The first kappa shape index (κ1) is 17.2. The minimum Gasteiger partial charge on any atom is -0.393 e. The van der Waals surface area contributed by atoms with Crippen LogP contribution in [0.4, 0.5) is 28.7 Å². The van der Waals surface area contributed by atoms with Gasteiger partial charge in [0.05, 0.1) is 0 Å². The highest BCUT2D eigenvalue weighted by molar-refractivity contribution is 9.10. The van der Waals surface area contributed by atoms with E-state index in [0.717, 1.165) is 22.4 Å². The molecule has 0 radical (unpaired) electrons. The van der Waals surface area contributed by atoms with Gasteiger partial charge >= 0.3 is 0 Å². The molecule has 6 heteroatoms. The molecule has 1 aromatic heterocycles. The number of benzene rings is 2. The van der Waals surface area contributed by atoms with Crippen LogP contribution in [-0.4, -0.2) is 16.5 Å². The van der Waals surface area contributed by atoms with E-state index in [9.17, 15) is 0 Å². The maximum atomic E-state index is 6.37. The van der Waals surface area contributed by atoms with Crippen LogP contribution in [0.2, 0.25) is 0 Å². The van der Waals surface area contributed by atoms with E-state index in [1.54, 1.807) is 0 Å². The van der Waals surface area contributed by atoms with Gasteiger partial charge in [0.2, 0.25) is 0 Å². The zero-order valence-corrected chi connectivity index (χ0v) is 15.8. The van der Waals surface area contributed by atoms with Crippen LogP contribution in [0.15, 0.2) is 59.3 Å². The van der Waals surface area contributed by atoms with Crippen molar-refractivity contribution in [2.45, 2.75) is 13.8 Å². The Balaban J connectivity index is 1.95. The standard InChI is InChI=1S/C19H20BrN5/c1-3-25(16-6-4-5-13(2)11-16)19-17(21)18(22-12-23-19)24-15-9-7-14(20)8-10-15/h4-12H,3,21H2,1-2H3,(H,22,23,24). The molecule has 1 heterocycles. The second kappa shape index (κ2) is 7.53. The number of nitrogens with zero attached hydrogens (tertiary/aromatic N) is 3. The summed E-state index contributed by atoms with van der Waals surface area (Å²) in [5.41, 5.74) is 10.1. The summed E-state index contributed by atoms with van der Waals surface area (Å²) in [5, 5.41) is 3.26. The molecule has 3 rings (SSSR count). The fourth-order valence-electron chi connectivity index (χ4n) is 2.62. The lowest BCUT2D eigenvalue weighted by Gasteiger charge is -2.24. The Morgan fingerprint density at radius 1 is 1.12 bits per heavy atom. The minimum atomic E-state index is 0.522. The highest BCUT2D eigenvalue weighted by Crippen LogP contribution is 2.33. The quantitative estimate of drug-likeness (QED) is 0.631. The van der Waals surface area contributed by atoms with Crippen molar-refractivity contribution in [3.8, 4) is 0 Å². The number of hydrogen-bond acceptors (Lipinski definition) is 5. The summed E-state index contributed by atoms with van der Waals surface area (Å²) < 4.78 is 1.02. The van der Waals surface area contributed by atoms with Gasteiger partial charge in [0, 0.05) is 22.4 Å². The molecule has 5 nitrogen and oxygen atoms in total. The van der Waals surface area contributed by atoms with Crippen molar-refractivity contribution in [1.29, 1.82) is 0 Å². The predicted molar refractivity (Wildman–Crippen MR) is 108 cm³/mol. The van der Waals surface area contributed by atoms with E-state index in [4.69, 9.17) is 5.73 Å². The van der Waals surface area contributed by atoms with Crippen LogP contribution in [0.3, 0.4) is 0 Å². The average Bonchev–Trinajstić information content (AvgIpc) is 2.61. The largest absolute Gasteiger partial charge is 0.393 e. The lowest BCUT2D eigenvalue weighted by atomic mass is 10.2. The lowest BCUT2D eigenvalue weighted by Crippen LogP contribution is -2.20. The summed E-state index contributed by atoms with van der Waals surface area (Å²) in [6, 6.07) is 16.1. The van der Waals surface area contributed by atoms with E-state index in [0.29, 0.717) is 17.3 Å². The molecule has 0 bridgehead atoms. The van der Waals surface area contributed by atoms with Gasteiger partial charge in [-0.1, -0.05) is 28.1 Å². The number of nitrogen functional groups attached to an aromatic ring is 1.